The van der Waals surface area contributed by atoms with Crippen molar-refractivity contribution in [2.45, 2.75) is 52.1 Å². The van der Waals surface area contributed by atoms with Gasteiger partial charge < -0.3 is 20.1 Å². The van der Waals surface area contributed by atoms with E-state index in [2.05, 4.69) is 5.32 Å². The summed E-state index contributed by atoms with van der Waals surface area (Å²) in [6, 6.07) is -1.47. The summed E-state index contributed by atoms with van der Waals surface area (Å²) in [5.74, 6) is -1.62. The predicted molar refractivity (Wildman–Crippen MR) is 82.7 cm³/mol. The molecule has 0 spiro atoms. The van der Waals surface area contributed by atoms with Crippen LogP contribution in [-0.4, -0.2) is 59.6 Å². The number of carbonyl (C=O) groups is 3. The van der Waals surface area contributed by atoms with Gasteiger partial charge in [0, 0.05) is 19.8 Å². The second-order valence-electron chi connectivity index (χ2n) is 7.05. The topological polar surface area (TPSA) is 95.9 Å². The van der Waals surface area contributed by atoms with E-state index in [0.717, 1.165) is 0 Å². The van der Waals surface area contributed by atoms with Gasteiger partial charge in [-0.05, 0) is 25.2 Å². The molecule has 2 saturated heterocycles. The monoisotopic (exact) mass is 326 g/mol. The fourth-order valence-corrected chi connectivity index (χ4v) is 3.27. The van der Waals surface area contributed by atoms with Gasteiger partial charge in [-0.3, -0.25) is 9.59 Å². The van der Waals surface area contributed by atoms with E-state index in [1.807, 2.05) is 6.92 Å². The maximum absolute atomic E-state index is 12.5. The first-order valence-electron chi connectivity index (χ1n) is 8.18. The molecule has 2 heterocycles. The molecule has 2 N–H and O–H groups in total. The number of rotatable bonds is 5. The zero-order chi connectivity index (χ0) is 17.2. The quantitative estimate of drug-likeness (QED) is 0.772. The minimum Gasteiger partial charge on any atom is -0.480 e. The summed E-state index contributed by atoms with van der Waals surface area (Å²) in [5.41, 5.74) is -0.518. The third kappa shape index (κ3) is 3.65. The van der Waals surface area contributed by atoms with Gasteiger partial charge in [0.05, 0.1) is 5.41 Å². The minimum atomic E-state index is -1.00. The van der Waals surface area contributed by atoms with Crippen LogP contribution in [-0.2, 0) is 19.1 Å². The number of hydrogen-bond acceptors (Lipinski definition) is 4. The Labute approximate surface area is 136 Å². The lowest BCUT2D eigenvalue weighted by molar-refractivity contribution is -0.151. The summed E-state index contributed by atoms with van der Waals surface area (Å²) >= 11 is 0. The van der Waals surface area contributed by atoms with E-state index in [1.165, 1.54) is 4.90 Å². The molecule has 2 aliphatic rings. The van der Waals surface area contributed by atoms with Gasteiger partial charge in [0.15, 0.2) is 0 Å². The van der Waals surface area contributed by atoms with E-state index in [1.54, 1.807) is 13.8 Å². The lowest BCUT2D eigenvalue weighted by atomic mass is 9.81. The molecule has 7 nitrogen and oxygen atoms in total. The maximum atomic E-state index is 12.5. The van der Waals surface area contributed by atoms with Crippen LogP contribution in [0, 0.1) is 11.3 Å². The summed E-state index contributed by atoms with van der Waals surface area (Å²) in [6.45, 7) is 6.89. The van der Waals surface area contributed by atoms with Gasteiger partial charge in [-0.15, -0.1) is 0 Å². The SMILES string of the molecule is CC(C)C(C(=O)O)N1CCC(NC(=O)C2(C)CCOCC2)C1=O. The molecule has 0 aliphatic carbocycles. The molecule has 0 aromatic carbocycles. The molecule has 0 radical (unpaired) electrons. The molecule has 0 saturated carbocycles. The molecular weight excluding hydrogens is 300 g/mol. The normalized spacial score (nSPS) is 25.5. The Morgan fingerprint density at radius 1 is 1.35 bits per heavy atom. The first kappa shape index (κ1) is 17.7. The van der Waals surface area contributed by atoms with Crippen LogP contribution in [0.1, 0.15) is 40.0 Å². The molecule has 0 bridgehead atoms. The molecular formula is C16H26N2O5. The Morgan fingerprint density at radius 3 is 2.48 bits per heavy atom. The highest BCUT2D eigenvalue weighted by molar-refractivity contribution is 5.93. The van der Waals surface area contributed by atoms with Crippen molar-refractivity contribution in [3.05, 3.63) is 0 Å². The zero-order valence-corrected chi connectivity index (χ0v) is 14.0. The maximum Gasteiger partial charge on any atom is 0.326 e. The van der Waals surface area contributed by atoms with Crippen molar-refractivity contribution in [2.75, 3.05) is 19.8 Å². The van der Waals surface area contributed by atoms with E-state index in [0.29, 0.717) is 39.0 Å². The third-order valence-corrected chi connectivity index (χ3v) is 4.91. The molecule has 2 unspecified atom stereocenters. The lowest BCUT2D eigenvalue weighted by Crippen LogP contribution is -2.52. The highest BCUT2D eigenvalue weighted by Gasteiger charge is 2.43. The van der Waals surface area contributed by atoms with Crippen LogP contribution in [0.5, 0.6) is 0 Å². The first-order valence-corrected chi connectivity index (χ1v) is 8.18. The van der Waals surface area contributed by atoms with Gasteiger partial charge in [0.1, 0.15) is 12.1 Å². The van der Waals surface area contributed by atoms with Gasteiger partial charge in [-0.1, -0.05) is 20.8 Å². The highest BCUT2D eigenvalue weighted by atomic mass is 16.5. The van der Waals surface area contributed by atoms with Crippen LogP contribution in [0.3, 0.4) is 0 Å². The van der Waals surface area contributed by atoms with Gasteiger partial charge in [0.2, 0.25) is 11.8 Å². The number of likely N-dealkylation sites (tertiary alicyclic amines) is 1. The number of amides is 2. The minimum absolute atomic E-state index is 0.141. The van der Waals surface area contributed by atoms with Crippen molar-refractivity contribution in [1.29, 1.82) is 0 Å². The lowest BCUT2D eigenvalue weighted by Gasteiger charge is -2.33. The number of hydrogen-bond donors (Lipinski definition) is 2. The first-order chi connectivity index (χ1) is 10.8. The molecule has 2 rings (SSSR count). The average molecular weight is 326 g/mol. The zero-order valence-electron chi connectivity index (χ0n) is 14.0. The highest BCUT2D eigenvalue weighted by Crippen LogP contribution is 2.30. The molecule has 0 aromatic heterocycles. The Kier molecular flexibility index (Phi) is 5.29. The third-order valence-electron chi connectivity index (χ3n) is 4.91. The number of nitrogens with zero attached hydrogens (tertiary/aromatic N) is 1. The van der Waals surface area contributed by atoms with Gasteiger partial charge in [0.25, 0.3) is 0 Å². The number of nitrogens with one attached hydrogen (secondary N) is 1. The molecule has 23 heavy (non-hydrogen) atoms. The number of aliphatic carboxylic acids is 1. The predicted octanol–water partition coefficient (Wildman–Crippen LogP) is 0.629. The van der Waals surface area contributed by atoms with E-state index >= 15 is 0 Å². The average Bonchev–Trinajstić information content (AvgIpc) is 2.81. The van der Waals surface area contributed by atoms with Crippen molar-refractivity contribution >= 4 is 17.8 Å². The van der Waals surface area contributed by atoms with E-state index in [4.69, 9.17) is 4.74 Å². The fraction of sp³-hybridized carbons (Fsp3) is 0.812. The molecule has 130 valence electrons. The molecule has 0 aromatic rings. The summed E-state index contributed by atoms with van der Waals surface area (Å²) < 4.78 is 5.29. The van der Waals surface area contributed by atoms with Crippen LogP contribution in [0.25, 0.3) is 0 Å². The van der Waals surface area contributed by atoms with E-state index < -0.39 is 23.5 Å². The van der Waals surface area contributed by atoms with Crippen molar-refractivity contribution in [2.24, 2.45) is 11.3 Å². The number of ether oxygens (including phenoxy) is 1. The van der Waals surface area contributed by atoms with Gasteiger partial charge in [-0.2, -0.15) is 0 Å². The number of carbonyl (C=O) groups excluding carboxylic acids is 2. The second kappa shape index (κ2) is 6.86. The van der Waals surface area contributed by atoms with Crippen molar-refractivity contribution in [3.63, 3.8) is 0 Å². The van der Waals surface area contributed by atoms with E-state index in [9.17, 15) is 19.5 Å². The summed E-state index contributed by atoms with van der Waals surface area (Å²) in [4.78, 5) is 37.8. The largest absolute Gasteiger partial charge is 0.480 e. The van der Waals surface area contributed by atoms with Gasteiger partial charge in [-0.25, -0.2) is 4.79 Å². The molecule has 2 atom stereocenters. The Morgan fingerprint density at radius 2 is 1.96 bits per heavy atom. The van der Waals surface area contributed by atoms with Crippen LogP contribution in [0.15, 0.2) is 0 Å². The standard InChI is InChI=1S/C16H26N2O5/c1-10(2)12(14(20)21)18-7-4-11(13(18)19)17-15(22)16(3)5-8-23-9-6-16/h10-12H,4-9H2,1-3H3,(H,17,22)(H,20,21). The van der Waals surface area contributed by atoms with Crippen LogP contribution in [0.2, 0.25) is 0 Å². The van der Waals surface area contributed by atoms with Crippen molar-refractivity contribution in [1.82, 2.24) is 10.2 Å². The van der Waals surface area contributed by atoms with Gasteiger partial charge >= 0.3 is 5.97 Å². The molecule has 7 heteroatoms. The Balaban J connectivity index is 2.01. The fourth-order valence-electron chi connectivity index (χ4n) is 3.27. The molecule has 2 aliphatic heterocycles. The molecule has 2 fully saturated rings. The Bertz CT molecular complexity index is 485. The van der Waals surface area contributed by atoms with Crippen molar-refractivity contribution < 1.29 is 24.2 Å². The Hall–Kier alpha value is -1.63. The molecule has 2 amide bonds. The van der Waals surface area contributed by atoms with Crippen LogP contribution in [0.4, 0.5) is 0 Å². The van der Waals surface area contributed by atoms with E-state index in [-0.39, 0.29) is 17.7 Å². The summed E-state index contributed by atoms with van der Waals surface area (Å²) in [5, 5.41) is 12.2. The number of carboxylic acid groups (broad SMARTS) is 1. The second-order valence-corrected chi connectivity index (χ2v) is 7.05. The van der Waals surface area contributed by atoms with Crippen molar-refractivity contribution in [3.8, 4) is 0 Å². The number of carboxylic acids is 1. The van der Waals surface area contributed by atoms with Crippen LogP contribution < -0.4 is 5.32 Å². The van der Waals surface area contributed by atoms with Crippen LogP contribution >= 0.6 is 0 Å². The summed E-state index contributed by atoms with van der Waals surface area (Å²) in [6.07, 6.45) is 1.72. The smallest absolute Gasteiger partial charge is 0.326 e. The summed E-state index contributed by atoms with van der Waals surface area (Å²) in [7, 11) is 0.